The zero-order valence-corrected chi connectivity index (χ0v) is 9.90. The smallest absolute Gasteiger partial charge is 0.141 e. The minimum Gasteiger partial charge on any atom is -0.390 e. The van der Waals surface area contributed by atoms with Gasteiger partial charge in [0, 0.05) is 17.1 Å². The minimum atomic E-state index is 0.00789. The van der Waals surface area contributed by atoms with Crippen molar-refractivity contribution < 1.29 is 5.11 Å². The fourth-order valence-electron chi connectivity index (χ4n) is 1.48. The number of hydrogen-bond acceptors (Lipinski definition) is 2. The van der Waals surface area contributed by atoms with Gasteiger partial charge in [-0.05, 0) is 6.07 Å². The van der Waals surface area contributed by atoms with Crippen molar-refractivity contribution in [1.82, 2.24) is 9.55 Å². The van der Waals surface area contributed by atoms with Gasteiger partial charge < -0.3 is 9.67 Å². The molecule has 0 fully saturated rings. The Labute approximate surface area is 96.5 Å². The third kappa shape index (κ3) is 1.82. The first-order valence-corrected chi connectivity index (χ1v) is 5.39. The summed E-state index contributed by atoms with van der Waals surface area (Å²) < 4.78 is 2.89. The van der Waals surface area contributed by atoms with E-state index in [1.54, 1.807) is 6.20 Å². The van der Waals surface area contributed by atoms with Crippen LogP contribution in [0.5, 0.6) is 0 Å². The molecular formula is C11H11BrN2O. The van der Waals surface area contributed by atoms with Crippen molar-refractivity contribution in [3.8, 4) is 11.4 Å². The Kier molecular flexibility index (Phi) is 2.88. The molecule has 1 heterocycles. The number of hydrogen-bond donors (Lipinski definition) is 1. The van der Waals surface area contributed by atoms with Crippen molar-refractivity contribution in [3.05, 3.63) is 40.6 Å². The Hall–Kier alpha value is -1.13. The second-order valence-corrected chi connectivity index (χ2v) is 4.12. The van der Waals surface area contributed by atoms with Crippen molar-refractivity contribution >= 4 is 15.9 Å². The normalized spacial score (nSPS) is 10.6. The van der Waals surface area contributed by atoms with Gasteiger partial charge in [-0.25, -0.2) is 4.98 Å². The first kappa shape index (κ1) is 10.4. The minimum absolute atomic E-state index is 0.00789. The average molecular weight is 267 g/mol. The highest BCUT2D eigenvalue weighted by atomic mass is 79.9. The van der Waals surface area contributed by atoms with Gasteiger partial charge in [0.15, 0.2) is 0 Å². The Balaban J connectivity index is 2.55. The second kappa shape index (κ2) is 4.16. The van der Waals surface area contributed by atoms with Crippen LogP contribution >= 0.6 is 15.9 Å². The van der Waals surface area contributed by atoms with Crippen LogP contribution in [0.4, 0.5) is 0 Å². The van der Waals surface area contributed by atoms with E-state index in [-0.39, 0.29) is 6.61 Å². The molecule has 0 saturated heterocycles. The van der Waals surface area contributed by atoms with E-state index in [0.717, 1.165) is 21.6 Å². The van der Waals surface area contributed by atoms with Crippen LogP contribution in [0, 0.1) is 0 Å². The summed E-state index contributed by atoms with van der Waals surface area (Å²) in [5.74, 6) is 0.853. The van der Waals surface area contributed by atoms with E-state index in [4.69, 9.17) is 5.11 Å². The molecule has 3 nitrogen and oxygen atoms in total. The maximum Gasteiger partial charge on any atom is 0.141 e. The molecular weight excluding hydrogens is 256 g/mol. The summed E-state index contributed by atoms with van der Waals surface area (Å²) in [6.07, 6.45) is 1.69. The summed E-state index contributed by atoms with van der Waals surface area (Å²) in [7, 11) is 1.90. The molecule has 78 valence electrons. The first-order chi connectivity index (χ1) is 7.24. The van der Waals surface area contributed by atoms with Crippen LogP contribution in [0.25, 0.3) is 11.4 Å². The van der Waals surface area contributed by atoms with Gasteiger partial charge in [-0.3, -0.25) is 0 Å². The maximum atomic E-state index is 9.08. The topological polar surface area (TPSA) is 38.0 Å². The summed E-state index contributed by atoms with van der Waals surface area (Å²) >= 11 is 3.48. The highest BCUT2D eigenvalue weighted by Crippen LogP contribution is 2.26. The van der Waals surface area contributed by atoms with Crippen molar-refractivity contribution in [2.45, 2.75) is 6.61 Å². The largest absolute Gasteiger partial charge is 0.390 e. The van der Waals surface area contributed by atoms with Crippen LogP contribution in [0.2, 0.25) is 0 Å². The number of aliphatic hydroxyl groups is 1. The van der Waals surface area contributed by atoms with Crippen LogP contribution in [-0.4, -0.2) is 14.7 Å². The Morgan fingerprint density at radius 3 is 2.73 bits per heavy atom. The van der Waals surface area contributed by atoms with Crippen LogP contribution in [0.3, 0.4) is 0 Å². The molecule has 15 heavy (non-hydrogen) atoms. The number of nitrogens with zero attached hydrogens (tertiary/aromatic N) is 2. The average Bonchev–Trinajstić information content (AvgIpc) is 2.60. The lowest BCUT2D eigenvalue weighted by Crippen LogP contribution is -1.98. The highest BCUT2D eigenvalue weighted by molar-refractivity contribution is 9.10. The fraction of sp³-hybridized carbons (Fsp3) is 0.182. The van der Waals surface area contributed by atoms with E-state index in [1.165, 1.54) is 0 Å². The van der Waals surface area contributed by atoms with E-state index in [2.05, 4.69) is 20.9 Å². The standard InChI is InChI=1S/C11H11BrN2O/c1-14-8(7-15)6-13-11(14)9-4-2-3-5-10(9)12/h2-6,15H,7H2,1H3. The van der Waals surface area contributed by atoms with Crippen molar-refractivity contribution in [1.29, 1.82) is 0 Å². The molecule has 2 aromatic rings. The summed E-state index contributed by atoms with van der Waals surface area (Å²) in [5.41, 5.74) is 1.83. The second-order valence-electron chi connectivity index (χ2n) is 3.27. The number of rotatable bonds is 2. The number of benzene rings is 1. The molecule has 1 N–H and O–H groups in total. The lowest BCUT2D eigenvalue weighted by atomic mass is 10.2. The molecule has 0 aliphatic rings. The van der Waals surface area contributed by atoms with Gasteiger partial charge in [0.2, 0.25) is 0 Å². The molecule has 0 spiro atoms. The number of aromatic nitrogens is 2. The highest BCUT2D eigenvalue weighted by Gasteiger charge is 2.09. The Bertz CT molecular complexity index is 479. The number of halogens is 1. The van der Waals surface area contributed by atoms with E-state index in [0.29, 0.717) is 0 Å². The van der Waals surface area contributed by atoms with E-state index in [1.807, 2.05) is 35.9 Å². The zero-order chi connectivity index (χ0) is 10.8. The van der Waals surface area contributed by atoms with Gasteiger partial charge in [0.05, 0.1) is 18.5 Å². The number of imidazole rings is 1. The zero-order valence-electron chi connectivity index (χ0n) is 8.31. The molecule has 1 aromatic heterocycles. The van der Waals surface area contributed by atoms with Gasteiger partial charge in [-0.1, -0.05) is 34.1 Å². The summed E-state index contributed by atoms with van der Waals surface area (Å²) in [6.45, 7) is 0.00789. The molecule has 0 aliphatic carbocycles. The van der Waals surface area contributed by atoms with Crippen LogP contribution in [0.15, 0.2) is 34.9 Å². The van der Waals surface area contributed by atoms with Gasteiger partial charge in [0.1, 0.15) is 5.82 Å². The SMILES string of the molecule is Cn1c(CO)cnc1-c1ccccc1Br. The molecule has 0 saturated carbocycles. The molecule has 0 unspecified atom stereocenters. The van der Waals surface area contributed by atoms with E-state index >= 15 is 0 Å². The molecule has 2 rings (SSSR count). The molecule has 0 radical (unpaired) electrons. The predicted octanol–water partition coefficient (Wildman–Crippen LogP) is 2.34. The summed E-state index contributed by atoms with van der Waals surface area (Å²) in [6, 6.07) is 7.90. The molecule has 0 bridgehead atoms. The Morgan fingerprint density at radius 2 is 2.13 bits per heavy atom. The fourth-order valence-corrected chi connectivity index (χ4v) is 1.95. The summed E-state index contributed by atoms with van der Waals surface area (Å²) in [5, 5.41) is 9.08. The lowest BCUT2D eigenvalue weighted by molar-refractivity contribution is 0.273. The molecule has 0 aliphatic heterocycles. The van der Waals surface area contributed by atoms with Gasteiger partial charge >= 0.3 is 0 Å². The van der Waals surface area contributed by atoms with Crippen molar-refractivity contribution in [3.63, 3.8) is 0 Å². The molecule has 4 heteroatoms. The van der Waals surface area contributed by atoms with E-state index < -0.39 is 0 Å². The number of aliphatic hydroxyl groups excluding tert-OH is 1. The molecule has 1 aromatic carbocycles. The molecule has 0 atom stereocenters. The molecule has 0 amide bonds. The van der Waals surface area contributed by atoms with Crippen LogP contribution in [0.1, 0.15) is 5.69 Å². The van der Waals surface area contributed by atoms with Crippen LogP contribution < -0.4 is 0 Å². The van der Waals surface area contributed by atoms with Gasteiger partial charge in [-0.2, -0.15) is 0 Å². The third-order valence-electron chi connectivity index (χ3n) is 2.36. The Morgan fingerprint density at radius 1 is 1.40 bits per heavy atom. The predicted molar refractivity (Wildman–Crippen MR) is 62.3 cm³/mol. The van der Waals surface area contributed by atoms with Gasteiger partial charge in [0.25, 0.3) is 0 Å². The quantitative estimate of drug-likeness (QED) is 0.906. The van der Waals surface area contributed by atoms with Crippen LogP contribution in [-0.2, 0) is 13.7 Å². The third-order valence-corrected chi connectivity index (χ3v) is 3.05. The first-order valence-electron chi connectivity index (χ1n) is 4.60. The van der Waals surface area contributed by atoms with E-state index in [9.17, 15) is 0 Å². The monoisotopic (exact) mass is 266 g/mol. The van der Waals surface area contributed by atoms with Crippen molar-refractivity contribution in [2.75, 3.05) is 0 Å². The van der Waals surface area contributed by atoms with Crippen molar-refractivity contribution in [2.24, 2.45) is 7.05 Å². The maximum absolute atomic E-state index is 9.08. The summed E-state index contributed by atoms with van der Waals surface area (Å²) in [4.78, 5) is 4.29. The van der Waals surface area contributed by atoms with Gasteiger partial charge in [-0.15, -0.1) is 0 Å². The lowest BCUT2D eigenvalue weighted by Gasteiger charge is -2.05.